The summed E-state index contributed by atoms with van der Waals surface area (Å²) in [5, 5.41) is 5.78. The lowest BCUT2D eigenvalue weighted by atomic mass is 10.1. The summed E-state index contributed by atoms with van der Waals surface area (Å²) in [4.78, 5) is 16.0. The van der Waals surface area contributed by atoms with Crippen molar-refractivity contribution in [3.8, 4) is 5.75 Å². The van der Waals surface area contributed by atoms with E-state index < -0.39 is 0 Å². The summed E-state index contributed by atoms with van der Waals surface area (Å²) in [7, 11) is 1.61. The van der Waals surface area contributed by atoms with Crippen LogP contribution in [0.4, 0.5) is 5.69 Å². The van der Waals surface area contributed by atoms with Gasteiger partial charge in [0.2, 0.25) is 0 Å². The van der Waals surface area contributed by atoms with Gasteiger partial charge in [-0.1, -0.05) is 18.2 Å². The molecule has 0 bridgehead atoms. The zero-order chi connectivity index (χ0) is 17.4. The first-order valence-electron chi connectivity index (χ1n) is 7.70. The van der Waals surface area contributed by atoms with Crippen LogP contribution in [0.25, 0.3) is 0 Å². The van der Waals surface area contributed by atoms with E-state index in [0.29, 0.717) is 24.6 Å². The summed E-state index contributed by atoms with van der Waals surface area (Å²) in [6.07, 6.45) is 0. The van der Waals surface area contributed by atoms with Crippen molar-refractivity contribution in [1.29, 1.82) is 0 Å². The monoisotopic (exact) mass is 454 g/mol. The van der Waals surface area contributed by atoms with Gasteiger partial charge in [-0.25, -0.2) is 4.99 Å². The molecule has 0 radical (unpaired) electrons. The Bertz CT molecular complexity index is 717. The Labute approximate surface area is 164 Å². The number of guanidine groups is 1. The highest BCUT2D eigenvalue weighted by molar-refractivity contribution is 14.0. The van der Waals surface area contributed by atoms with Gasteiger partial charge in [0.15, 0.2) is 5.96 Å². The lowest BCUT2D eigenvalue weighted by Crippen LogP contribution is -2.23. The molecule has 0 aliphatic heterocycles. The number of nitrogens with zero attached hydrogens (tertiary/aromatic N) is 1. The number of rotatable bonds is 6. The predicted molar refractivity (Wildman–Crippen MR) is 112 cm³/mol. The van der Waals surface area contributed by atoms with E-state index >= 15 is 0 Å². The van der Waals surface area contributed by atoms with Gasteiger partial charge >= 0.3 is 0 Å². The predicted octanol–water partition coefficient (Wildman–Crippen LogP) is 2.99. The fourth-order valence-corrected chi connectivity index (χ4v) is 2.09. The van der Waals surface area contributed by atoms with Crippen molar-refractivity contribution in [1.82, 2.24) is 5.32 Å². The van der Waals surface area contributed by atoms with Gasteiger partial charge in [0.05, 0.1) is 13.7 Å². The number of ether oxygens (including phenoxy) is 1. The third-order valence-electron chi connectivity index (χ3n) is 3.33. The van der Waals surface area contributed by atoms with Crippen LogP contribution in [0, 0.1) is 0 Å². The molecule has 0 aliphatic carbocycles. The highest BCUT2D eigenvalue weighted by Crippen LogP contribution is 2.16. The van der Waals surface area contributed by atoms with Crippen LogP contribution in [-0.2, 0) is 6.54 Å². The van der Waals surface area contributed by atoms with Crippen LogP contribution in [-0.4, -0.2) is 25.5 Å². The lowest BCUT2D eigenvalue weighted by molar-refractivity contribution is 0.0956. The molecule has 0 fully saturated rings. The number of carbonyl (C=O) groups excluding carboxylic acids is 1. The summed E-state index contributed by atoms with van der Waals surface area (Å²) >= 11 is 0. The molecular formula is C18H23IN4O2. The second-order valence-corrected chi connectivity index (χ2v) is 5.11. The van der Waals surface area contributed by atoms with Crippen molar-refractivity contribution in [2.45, 2.75) is 13.5 Å². The maximum Gasteiger partial charge on any atom is 0.251 e. The number of nitrogens with two attached hydrogens (primary N) is 1. The van der Waals surface area contributed by atoms with Gasteiger partial charge in [-0.05, 0) is 36.8 Å². The molecule has 2 aromatic rings. The standard InChI is InChI=1S/C18H22N4O2.HI/c1-3-20-17(23)14-9-7-13(8-10-14)12-21-18(19)22-15-5-4-6-16(11-15)24-2;/h4-11H,3,12H2,1-2H3,(H,20,23)(H3,19,21,22);1H. The molecule has 2 rings (SSSR count). The molecular weight excluding hydrogens is 431 g/mol. The number of methoxy groups -OCH3 is 1. The molecule has 0 atom stereocenters. The summed E-state index contributed by atoms with van der Waals surface area (Å²) in [6, 6.07) is 14.7. The van der Waals surface area contributed by atoms with Gasteiger partial charge in [0, 0.05) is 23.9 Å². The Morgan fingerprint density at radius 3 is 2.56 bits per heavy atom. The van der Waals surface area contributed by atoms with E-state index in [0.717, 1.165) is 17.0 Å². The molecule has 0 aliphatic rings. The van der Waals surface area contributed by atoms with Crippen molar-refractivity contribution in [2.24, 2.45) is 10.7 Å². The van der Waals surface area contributed by atoms with Crippen LogP contribution >= 0.6 is 24.0 Å². The quantitative estimate of drug-likeness (QED) is 0.356. The van der Waals surface area contributed by atoms with Gasteiger partial charge in [-0.2, -0.15) is 0 Å². The minimum Gasteiger partial charge on any atom is -0.497 e. The molecule has 6 nitrogen and oxygen atoms in total. The van der Waals surface area contributed by atoms with Crippen molar-refractivity contribution in [2.75, 3.05) is 19.0 Å². The Balaban J connectivity index is 0.00000312. The minimum atomic E-state index is -0.0771. The second kappa shape index (κ2) is 10.5. The van der Waals surface area contributed by atoms with E-state index in [1.807, 2.05) is 43.3 Å². The number of hydrogen-bond acceptors (Lipinski definition) is 3. The van der Waals surface area contributed by atoms with E-state index in [-0.39, 0.29) is 29.9 Å². The van der Waals surface area contributed by atoms with E-state index in [4.69, 9.17) is 10.5 Å². The van der Waals surface area contributed by atoms with Crippen molar-refractivity contribution in [3.63, 3.8) is 0 Å². The maximum atomic E-state index is 11.7. The number of halogens is 1. The van der Waals surface area contributed by atoms with Crippen LogP contribution in [0.5, 0.6) is 5.75 Å². The number of hydrogen-bond donors (Lipinski definition) is 3. The number of amides is 1. The van der Waals surface area contributed by atoms with Crippen molar-refractivity contribution >= 4 is 41.5 Å². The minimum absolute atomic E-state index is 0. The number of nitrogens with one attached hydrogen (secondary N) is 2. The van der Waals surface area contributed by atoms with E-state index in [9.17, 15) is 4.79 Å². The average molecular weight is 454 g/mol. The summed E-state index contributed by atoms with van der Waals surface area (Å²) in [5.41, 5.74) is 8.31. The van der Waals surface area contributed by atoms with Gasteiger partial charge < -0.3 is 21.1 Å². The zero-order valence-electron chi connectivity index (χ0n) is 14.3. The fourth-order valence-electron chi connectivity index (χ4n) is 2.09. The van der Waals surface area contributed by atoms with Crippen molar-refractivity contribution < 1.29 is 9.53 Å². The number of benzene rings is 2. The second-order valence-electron chi connectivity index (χ2n) is 5.11. The molecule has 0 unspecified atom stereocenters. The van der Waals surface area contributed by atoms with Gasteiger partial charge in [0.25, 0.3) is 5.91 Å². The van der Waals surface area contributed by atoms with Gasteiger partial charge in [-0.3, -0.25) is 4.79 Å². The van der Waals surface area contributed by atoms with E-state index in [1.165, 1.54) is 0 Å². The summed E-state index contributed by atoms with van der Waals surface area (Å²) in [6.45, 7) is 2.93. The number of carbonyl (C=O) groups is 1. The van der Waals surface area contributed by atoms with Crippen LogP contribution in [0.3, 0.4) is 0 Å². The number of aliphatic imine (C=N–C) groups is 1. The molecule has 0 spiro atoms. The molecule has 4 N–H and O–H groups in total. The smallest absolute Gasteiger partial charge is 0.251 e. The molecule has 0 saturated carbocycles. The van der Waals surface area contributed by atoms with Crippen molar-refractivity contribution in [3.05, 3.63) is 59.7 Å². The van der Waals surface area contributed by atoms with Crippen LogP contribution in [0.1, 0.15) is 22.8 Å². The molecule has 0 heterocycles. The fraction of sp³-hybridized carbons (Fsp3) is 0.222. The van der Waals surface area contributed by atoms with Crippen LogP contribution in [0.2, 0.25) is 0 Å². The molecule has 134 valence electrons. The first-order valence-corrected chi connectivity index (χ1v) is 7.70. The third kappa shape index (κ3) is 6.61. The highest BCUT2D eigenvalue weighted by Gasteiger charge is 2.03. The SMILES string of the molecule is CCNC(=O)c1ccc(CN=C(N)Nc2cccc(OC)c2)cc1.I. The third-order valence-corrected chi connectivity index (χ3v) is 3.33. The Kier molecular flexibility index (Phi) is 8.76. The van der Waals surface area contributed by atoms with E-state index in [1.54, 1.807) is 19.2 Å². The molecule has 7 heteroatoms. The normalized spacial score (nSPS) is 10.6. The molecule has 0 aromatic heterocycles. The first kappa shape index (κ1) is 20.8. The molecule has 1 amide bonds. The topological polar surface area (TPSA) is 88.7 Å². The lowest BCUT2D eigenvalue weighted by Gasteiger charge is -2.07. The van der Waals surface area contributed by atoms with Crippen LogP contribution < -0.4 is 21.1 Å². The molecule has 2 aromatic carbocycles. The van der Waals surface area contributed by atoms with Crippen LogP contribution in [0.15, 0.2) is 53.5 Å². The Morgan fingerprint density at radius 2 is 1.92 bits per heavy atom. The molecule has 0 saturated heterocycles. The first-order chi connectivity index (χ1) is 11.6. The van der Waals surface area contributed by atoms with Gasteiger partial charge in [-0.15, -0.1) is 24.0 Å². The number of anilines is 1. The molecule has 25 heavy (non-hydrogen) atoms. The Morgan fingerprint density at radius 1 is 1.20 bits per heavy atom. The van der Waals surface area contributed by atoms with Gasteiger partial charge in [0.1, 0.15) is 5.75 Å². The summed E-state index contributed by atoms with van der Waals surface area (Å²) < 4.78 is 5.16. The highest BCUT2D eigenvalue weighted by atomic mass is 127. The van der Waals surface area contributed by atoms with E-state index in [2.05, 4.69) is 15.6 Å². The average Bonchev–Trinajstić information content (AvgIpc) is 2.61. The largest absolute Gasteiger partial charge is 0.497 e. The Hall–Kier alpha value is -2.29. The zero-order valence-corrected chi connectivity index (χ0v) is 16.6. The summed E-state index contributed by atoms with van der Waals surface area (Å²) in [5.74, 6) is 0.983. The maximum absolute atomic E-state index is 11.7.